The predicted octanol–water partition coefficient (Wildman–Crippen LogP) is 0.739. The monoisotopic (exact) mass is 235 g/mol. The minimum Gasteiger partial charge on any atom is -0.396 e. The number of aliphatic hydroxyl groups excluding tert-OH is 2. The van der Waals surface area contributed by atoms with Crippen molar-refractivity contribution in [1.82, 2.24) is 14.5 Å². The van der Waals surface area contributed by atoms with E-state index in [1.165, 1.54) is 0 Å². The number of nitrogens with zero attached hydrogens (tertiary/aromatic N) is 3. The van der Waals surface area contributed by atoms with Crippen LogP contribution in [0, 0.1) is 0 Å². The number of imidazole rings is 1. The van der Waals surface area contributed by atoms with E-state index in [-0.39, 0.29) is 13.2 Å². The van der Waals surface area contributed by atoms with Gasteiger partial charge in [0, 0.05) is 32.4 Å². The minimum atomic E-state index is 0.159. The first-order valence-corrected chi connectivity index (χ1v) is 5.88. The Balaban J connectivity index is 2.34. The molecule has 0 aliphatic rings. The van der Waals surface area contributed by atoms with Gasteiger partial charge >= 0.3 is 0 Å². The van der Waals surface area contributed by atoms with Crippen molar-refractivity contribution >= 4 is 11.2 Å². The minimum absolute atomic E-state index is 0.159. The summed E-state index contributed by atoms with van der Waals surface area (Å²) in [5, 5.41) is 17.8. The van der Waals surface area contributed by atoms with Crippen LogP contribution in [0.3, 0.4) is 0 Å². The molecule has 0 aromatic carbocycles. The van der Waals surface area contributed by atoms with Gasteiger partial charge in [-0.15, -0.1) is 0 Å². The van der Waals surface area contributed by atoms with Crippen molar-refractivity contribution in [2.45, 2.75) is 25.8 Å². The van der Waals surface area contributed by atoms with Crippen molar-refractivity contribution in [3.8, 4) is 0 Å². The summed E-state index contributed by atoms with van der Waals surface area (Å²) in [6.07, 6.45) is 3.87. The lowest BCUT2D eigenvalue weighted by Gasteiger charge is -2.06. The number of aliphatic hydroxyl groups is 2. The molecule has 2 aromatic rings. The van der Waals surface area contributed by atoms with Gasteiger partial charge in [0.15, 0.2) is 5.65 Å². The normalized spacial score (nSPS) is 11.2. The topological polar surface area (TPSA) is 71.2 Å². The Morgan fingerprint density at radius 1 is 1.18 bits per heavy atom. The number of pyridine rings is 1. The predicted molar refractivity (Wildman–Crippen MR) is 64.6 cm³/mol. The highest BCUT2D eigenvalue weighted by Gasteiger charge is 2.10. The number of rotatable bonds is 6. The largest absolute Gasteiger partial charge is 0.396 e. The molecule has 2 N–H and O–H groups in total. The SMILES string of the molecule is OCCCc1nc2cccnc2n1CCCO. The van der Waals surface area contributed by atoms with E-state index in [1.807, 2.05) is 16.7 Å². The van der Waals surface area contributed by atoms with E-state index in [2.05, 4.69) is 9.97 Å². The lowest BCUT2D eigenvalue weighted by Crippen LogP contribution is -2.07. The zero-order valence-electron chi connectivity index (χ0n) is 9.71. The molecule has 2 aromatic heterocycles. The zero-order valence-corrected chi connectivity index (χ0v) is 9.71. The summed E-state index contributed by atoms with van der Waals surface area (Å²) in [6, 6.07) is 3.79. The molecule has 2 heterocycles. The molecule has 0 unspecified atom stereocenters. The summed E-state index contributed by atoms with van der Waals surface area (Å²) in [4.78, 5) is 8.83. The number of aromatic nitrogens is 3. The Labute approximate surface area is 99.7 Å². The maximum absolute atomic E-state index is 8.91. The van der Waals surface area contributed by atoms with Crippen LogP contribution in [0.1, 0.15) is 18.7 Å². The van der Waals surface area contributed by atoms with Crippen LogP contribution in [0.5, 0.6) is 0 Å². The molecule has 5 heteroatoms. The van der Waals surface area contributed by atoms with E-state index in [0.29, 0.717) is 19.4 Å². The van der Waals surface area contributed by atoms with Crippen LogP contribution in [-0.2, 0) is 13.0 Å². The molecular weight excluding hydrogens is 218 g/mol. The van der Waals surface area contributed by atoms with Crippen LogP contribution in [0.2, 0.25) is 0 Å². The van der Waals surface area contributed by atoms with Crippen LogP contribution in [0.4, 0.5) is 0 Å². The second kappa shape index (κ2) is 5.75. The lowest BCUT2D eigenvalue weighted by atomic mass is 10.3. The second-order valence-corrected chi connectivity index (χ2v) is 3.93. The Bertz CT molecular complexity index is 482. The Morgan fingerprint density at radius 3 is 2.76 bits per heavy atom. The van der Waals surface area contributed by atoms with Gasteiger partial charge in [0.05, 0.1) is 0 Å². The highest BCUT2D eigenvalue weighted by atomic mass is 16.3. The van der Waals surface area contributed by atoms with Gasteiger partial charge < -0.3 is 14.8 Å². The quantitative estimate of drug-likeness (QED) is 0.774. The van der Waals surface area contributed by atoms with Gasteiger partial charge in [-0.2, -0.15) is 0 Å². The van der Waals surface area contributed by atoms with Gasteiger partial charge in [-0.1, -0.05) is 0 Å². The summed E-state index contributed by atoms with van der Waals surface area (Å²) in [5.41, 5.74) is 1.73. The number of fused-ring (bicyclic) bond motifs is 1. The smallest absolute Gasteiger partial charge is 0.159 e. The molecular formula is C12H17N3O2. The molecule has 2 rings (SSSR count). The van der Waals surface area contributed by atoms with Crippen molar-refractivity contribution in [3.05, 3.63) is 24.2 Å². The highest BCUT2D eigenvalue weighted by molar-refractivity contribution is 5.71. The maximum Gasteiger partial charge on any atom is 0.159 e. The van der Waals surface area contributed by atoms with Crippen molar-refractivity contribution in [3.63, 3.8) is 0 Å². The third kappa shape index (κ3) is 2.62. The fraction of sp³-hybridized carbons (Fsp3) is 0.500. The molecule has 0 fully saturated rings. The lowest BCUT2D eigenvalue weighted by molar-refractivity contribution is 0.277. The van der Waals surface area contributed by atoms with Crippen molar-refractivity contribution in [2.75, 3.05) is 13.2 Å². The standard InChI is InChI=1S/C12H17N3O2/c16-8-2-5-11-14-10-4-1-6-13-12(10)15(11)7-3-9-17/h1,4,6,16-17H,2-3,5,7-9H2. The molecule has 0 aliphatic heterocycles. The average molecular weight is 235 g/mol. The van der Waals surface area contributed by atoms with Crippen LogP contribution < -0.4 is 0 Å². The molecule has 0 radical (unpaired) electrons. The molecule has 0 saturated carbocycles. The fourth-order valence-corrected chi connectivity index (χ4v) is 1.90. The summed E-state index contributed by atoms with van der Waals surface area (Å²) < 4.78 is 2.03. The molecule has 0 aliphatic carbocycles. The fourth-order valence-electron chi connectivity index (χ4n) is 1.90. The van der Waals surface area contributed by atoms with E-state index < -0.39 is 0 Å². The number of hydrogen-bond donors (Lipinski definition) is 2. The third-order valence-electron chi connectivity index (χ3n) is 2.68. The Morgan fingerprint density at radius 2 is 2.00 bits per heavy atom. The molecule has 0 atom stereocenters. The van der Waals surface area contributed by atoms with Gasteiger partial charge in [0.1, 0.15) is 11.3 Å². The molecule has 0 saturated heterocycles. The first kappa shape index (κ1) is 12.0. The van der Waals surface area contributed by atoms with Crippen molar-refractivity contribution < 1.29 is 10.2 Å². The molecule has 0 bridgehead atoms. The van der Waals surface area contributed by atoms with Crippen LogP contribution >= 0.6 is 0 Å². The number of hydrogen-bond acceptors (Lipinski definition) is 4. The third-order valence-corrected chi connectivity index (χ3v) is 2.68. The second-order valence-electron chi connectivity index (χ2n) is 3.93. The molecule has 0 amide bonds. The van der Waals surface area contributed by atoms with E-state index in [4.69, 9.17) is 10.2 Å². The van der Waals surface area contributed by atoms with Gasteiger partial charge in [-0.25, -0.2) is 9.97 Å². The first-order chi connectivity index (χ1) is 8.36. The number of aryl methyl sites for hydroxylation is 2. The van der Waals surface area contributed by atoms with Gasteiger partial charge in [-0.3, -0.25) is 0 Å². The van der Waals surface area contributed by atoms with Gasteiger partial charge in [-0.05, 0) is 25.0 Å². The summed E-state index contributed by atoms with van der Waals surface area (Å²) in [5.74, 6) is 0.932. The summed E-state index contributed by atoms with van der Waals surface area (Å²) >= 11 is 0. The molecule has 17 heavy (non-hydrogen) atoms. The average Bonchev–Trinajstić information content (AvgIpc) is 2.71. The maximum atomic E-state index is 8.91. The first-order valence-electron chi connectivity index (χ1n) is 5.88. The summed E-state index contributed by atoms with van der Waals surface area (Å²) in [6.45, 7) is 1.04. The van der Waals surface area contributed by atoms with Crippen LogP contribution in [-0.4, -0.2) is 38.0 Å². The Kier molecular flexibility index (Phi) is 4.06. The van der Waals surface area contributed by atoms with Gasteiger partial charge in [0.2, 0.25) is 0 Å². The molecule has 0 spiro atoms. The highest BCUT2D eigenvalue weighted by Crippen LogP contribution is 2.15. The molecule has 92 valence electrons. The van der Waals surface area contributed by atoms with Gasteiger partial charge in [0.25, 0.3) is 0 Å². The van der Waals surface area contributed by atoms with Crippen LogP contribution in [0.25, 0.3) is 11.2 Å². The van der Waals surface area contributed by atoms with Crippen molar-refractivity contribution in [2.24, 2.45) is 0 Å². The molecule has 5 nitrogen and oxygen atoms in total. The van der Waals surface area contributed by atoms with E-state index in [0.717, 1.165) is 23.4 Å². The Hall–Kier alpha value is -1.46. The van der Waals surface area contributed by atoms with E-state index in [9.17, 15) is 0 Å². The van der Waals surface area contributed by atoms with E-state index in [1.54, 1.807) is 6.20 Å². The van der Waals surface area contributed by atoms with E-state index >= 15 is 0 Å². The zero-order chi connectivity index (χ0) is 12.1. The van der Waals surface area contributed by atoms with Crippen molar-refractivity contribution in [1.29, 1.82) is 0 Å². The van der Waals surface area contributed by atoms with Crippen LogP contribution in [0.15, 0.2) is 18.3 Å². The summed E-state index contributed by atoms with van der Waals surface area (Å²) in [7, 11) is 0.